The average molecular weight is 271 g/mol. The highest BCUT2D eigenvalue weighted by atomic mass is 16.4. The van der Waals surface area contributed by atoms with Crippen molar-refractivity contribution in [2.24, 2.45) is 5.73 Å². The summed E-state index contributed by atoms with van der Waals surface area (Å²) in [7, 11) is 0. The predicted molar refractivity (Wildman–Crippen MR) is 77.1 cm³/mol. The van der Waals surface area contributed by atoms with E-state index in [-0.39, 0.29) is 0 Å². The summed E-state index contributed by atoms with van der Waals surface area (Å²) in [5.41, 5.74) is 4.03. The van der Waals surface area contributed by atoms with Crippen LogP contribution in [-0.4, -0.2) is 30.0 Å². The van der Waals surface area contributed by atoms with Crippen molar-refractivity contribution in [3.05, 3.63) is 0 Å². The van der Waals surface area contributed by atoms with Crippen LogP contribution < -0.4 is 16.4 Å². The molecule has 0 aromatic carbocycles. The number of carboxylic acid groups (broad SMARTS) is 1. The molecule has 0 unspecified atom stereocenters. The third-order valence-electron chi connectivity index (χ3n) is 3.99. The van der Waals surface area contributed by atoms with Crippen LogP contribution in [0.5, 0.6) is 0 Å². The molecule has 2 saturated carbocycles. The first kappa shape index (κ1) is 16.2. The van der Waals surface area contributed by atoms with Crippen molar-refractivity contribution in [2.75, 3.05) is 6.67 Å². The second-order valence-electron chi connectivity index (χ2n) is 5.59. The first-order chi connectivity index (χ1) is 9.18. The van der Waals surface area contributed by atoms with E-state index < -0.39 is 6.09 Å². The molecule has 0 aromatic heterocycles. The number of rotatable bonds is 4. The summed E-state index contributed by atoms with van der Waals surface area (Å²) in [5, 5.41) is 14.5. The molecule has 5 nitrogen and oxygen atoms in total. The van der Waals surface area contributed by atoms with Gasteiger partial charge in [-0.3, -0.25) is 0 Å². The van der Waals surface area contributed by atoms with Gasteiger partial charge in [-0.1, -0.05) is 38.5 Å². The minimum atomic E-state index is -1.33. The Balaban J connectivity index is 0.000000399. The molecule has 2 aliphatic carbocycles. The van der Waals surface area contributed by atoms with Crippen molar-refractivity contribution in [1.29, 1.82) is 0 Å². The van der Waals surface area contributed by atoms with Crippen molar-refractivity contribution in [3.8, 4) is 0 Å². The molecule has 0 aromatic rings. The lowest BCUT2D eigenvalue weighted by Gasteiger charge is -2.27. The third-order valence-corrected chi connectivity index (χ3v) is 3.99. The molecule has 5 heteroatoms. The topological polar surface area (TPSA) is 87.4 Å². The molecule has 0 atom stereocenters. The SMILES string of the molecule is C1CCC(NCNC2CCCCC2)CC1.NC(=O)O. The summed E-state index contributed by atoms with van der Waals surface area (Å²) in [4.78, 5) is 8.78. The Morgan fingerprint density at radius 2 is 1.21 bits per heavy atom. The van der Waals surface area contributed by atoms with E-state index in [1.54, 1.807) is 0 Å². The lowest BCUT2D eigenvalue weighted by molar-refractivity contribution is 0.205. The third kappa shape index (κ3) is 8.83. The summed E-state index contributed by atoms with van der Waals surface area (Å²) in [5.74, 6) is 0. The van der Waals surface area contributed by atoms with Crippen molar-refractivity contribution in [1.82, 2.24) is 10.6 Å². The number of nitrogens with two attached hydrogens (primary N) is 1. The van der Waals surface area contributed by atoms with Gasteiger partial charge in [-0.15, -0.1) is 0 Å². The molecular formula is C14H29N3O2. The summed E-state index contributed by atoms with van der Waals surface area (Å²) in [6.07, 6.45) is 12.9. The Morgan fingerprint density at radius 3 is 1.53 bits per heavy atom. The van der Waals surface area contributed by atoms with Crippen molar-refractivity contribution in [3.63, 3.8) is 0 Å². The van der Waals surface area contributed by atoms with Gasteiger partial charge in [-0.2, -0.15) is 0 Å². The quantitative estimate of drug-likeness (QED) is 0.591. The second-order valence-corrected chi connectivity index (χ2v) is 5.59. The van der Waals surface area contributed by atoms with Crippen molar-refractivity contribution < 1.29 is 9.90 Å². The Labute approximate surface area is 116 Å². The standard InChI is InChI=1S/C13H26N2.CH3NO2/c1-3-7-12(8-4-1)14-11-15-13-9-5-2-6-10-13;2-1(3)4/h12-15H,1-11H2;2H2,(H,3,4). The number of hydrogen-bond acceptors (Lipinski definition) is 3. The smallest absolute Gasteiger partial charge is 0.402 e. The molecule has 0 radical (unpaired) electrons. The summed E-state index contributed by atoms with van der Waals surface area (Å²) in [6, 6.07) is 1.60. The van der Waals surface area contributed by atoms with Crippen LogP contribution in [0, 0.1) is 0 Å². The lowest BCUT2D eigenvalue weighted by atomic mass is 9.95. The molecule has 2 rings (SSSR count). The maximum absolute atomic E-state index is 8.78. The predicted octanol–water partition coefficient (Wildman–Crippen LogP) is 2.41. The maximum atomic E-state index is 8.78. The summed E-state index contributed by atoms with van der Waals surface area (Å²) in [6.45, 7) is 1.04. The van der Waals surface area contributed by atoms with E-state index in [9.17, 15) is 0 Å². The van der Waals surface area contributed by atoms with Crippen LogP contribution in [0.25, 0.3) is 0 Å². The van der Waals surface area contributed by atoms with Gasteiger partial charge in [0.2, 0.25) is 0 Å². The van der Waals surface area contributed by atoms with Gasteiger partial charge in [0, 0.05) is 18.8 Å². The Morgan fingerprint density at radius 1 is 0.895 bits per heavy atom. The minimum absolute atomic E-state index is 0.801. The number of nitrogens with one attached hydrogen (secondary N) is 2. The van der Waals surface area contributed by atoms with E-state index in [4.69, 9.17) is 9.90 Å². The van der Waals surface area contributed by atoms with Gasteiger partial charge in [0.05, 0.1) is 0 Å². The molecule has 19 heavy (non-hydrogen) atoms. The highest BCUT2D eigenvalue weighted by Crippen LogP contribution is 2.18. The Kier molecular flexibility index (Phi) is 8.58. The fourth-order valence-electron chi connectivity index (χ4n) is 2.96. The molecular weight excluding hydrogens is 242 g/mol. The monoisotopic (exact) mass is 271 g/mol. The van der Waals surface area contributed by atoms with Gasteiger partial charge in [0.25, 0.3) is 0 Å². The summed E-state index contributed by atoms with van der Waals surface area (Å²) >= 11 is 0. The molecule has 112 valence electrons. The number of hydrogen-bond donors (Lipinski definition) is 4. The van der Waals surface area contributed by atoms with Crippen LogP contribution in [0.2, 0.25) is 0 Å². The highest BCUT2D eigenvalue weighted by Gasteiger charge is 2.14. The van der Waals surface area contributed by atoms with E-state index in [0.29, 0.717) is 0 Å². The van der Waals surface area contributed by atoms with Gasteiger partial charge >= 0.3 is 6.09 Å². The maximum Gasteiger partial charge on any atom is 0.402 e. The fourth-order valence-corrected chi connectivity index (χ4v) is 2.96. The van der Waals surface area contributed by atoms with E-state index in [1.165, 1.54) is 64.2 Å². The Hall–Kier alpha value is -0.810. The van der Waals surface area contributed by atoms with E-state index >= 15 is 0 Å². The number of primary amides is 1. The fraction of sp³-hybridized carbons (Fsp3) is 0.929. The van der Waals surface area contributed by atoms with Gasteiger partial charge < -0.3 is 21.5 Å². The average Bonchev–Trinajstić information content (AvgIpc) is 2.41. The second kappa shape index (κ2) is 10.0. The van der Waals surface area contributed by atoms with Crippen LogP contribution in [-0.2, 0) is 0 Å². The summed E-state index contributed by atoms with van der Waals surface area (Å²) < 4.78 is 0. The Bertz CT molecular complexity index is 215. The van der Waals surface area contributed by atoms with Crippen molar-refractivity contribution >= 4 is 6.09 Å². The minimum Gasteiger partial charge on any atom is -0.465 e. The molecule has 0 bridgehead atoms. The van der Waals surface area contributed by atoms with Gasteiger partial charge in [0.15, 0.2) is 0 Å². The molecule has 0 aliphatic heterocycles. The normalized spacial score (nSPS) is 21.5. The largest absolute Gasteiger partial charge is 0.465 e. The van der Waals surface area contributed by atoms with E-state index in [0.717, 1.165) is 18.8 Å². The lowest BCUT2D eigenvalue weighted by Crippen LogP contribution is -2.42. The zero-order valence-electron chi connectivity index (χ0n) is 11.9. The number of carbonyl (C=O) groups is 1. The molecule has 0 spiro atoms. The molecule has 2 fully saturated rings. The molecule has 0 saturated heterocycles. The van der Waals surface area contributed by atoms with Crippen LogP contribution in [0.1, 0.15) is 64.2 Å². The van der Waals surface area contributed by atoms with Gasteiger partial charge in [0.1, 0.15) is 0 Å². The van der Waals surface area contributed by atoms with E-state index in [1.807, 2.05) is 0 Å². The first-order valence-electron chi connectivity index (χ1n) is 7.63. The van der Waals surface area contributed by atoms with Crippen LogP contribution in [0.15, 0.2) is 0 Å². The zero-order valence-corrected chi connectivity index (χ0v) is 11.9. The van der Waals surface area contributed by atoms with Gasteiger partial charge in [-0.05, 0) is 25.7 Å². The van der Waals surface area contributed by atoms with Crippen LogP contribution in [0.4, 0.5) is 4.79 Å². The zero-order chi connectivity index (χ0) is 13.9. The molecule has 1 amide bonds. The highest BCUT2D eigenvalue weighted by molar-refractivity contribution is 5.61. The van der Waals surface area contributed by atoms with Crippen LogP contribution >= 0.6 is 0 Å². The molecule has 5 N–H and O–H groups in total. The molecule has 0 heterocycles. The first-order valence-corrected chi connectivity index (χ1v) is 7.63. The molecule has 2 aliphatic rings. The van der Waals surface area contributed by atoms with Crippen molar-refractivity contribution in [2.45, 2.75) is 76.3 Å². The van der Waals surface area contributed by atoms with Gasteiger partial charge in [-0.25, -0.2) is 4.79 Å². The van der Waals surface area contributed by atoms with Crippen LogP contribution in [0.3, 0.4) is 0 Å². The van der Waals surface area contributed by atoms with E-state index in [2.05, 4.69) is 16.4 Å². The number of amides is 1.